The van der Waals surface area contributed by atoms with Crippen molar-refractivity contribution in [3.63, 3.8) is 0 Å². The van der Waals surface area contributed by atoms with E-state index in [1.54, 1.807) is 31.3 Å². The number of pyridine rings is 1. The molecule has 2 atom stereocenters. The molecule has 7 nitrogen and oxygen atoms in total. The number of rotatable bonds is 6. The van der Waals surface area contributed by atoms with Crippen LogP contribution >= 0.6 is 0 Å². The number of hydrogen-bond acceptors (Lipinski definition) is 4. The Hall–Kier alpha value is -2.93. The highest BCUT2D eigenvalue weighted by Gasteiger charge is 2.18. The van der Waals surface area contributed by atoms with E-state index in [1.807, 2.05) is 30.3 Å². The fourth-order valence-corrected chi connectivity index (χ4v) is 2.64. The molecule has 0 radical (unpaired) electrons. The van der Waals surface area contributed by atoms with Crippen LogP contribution in [0.25, 0.3) is 5.65 Å². The number of carbonyl (C=O) groups is 1. The maximum atomic E-state index is 12.2. The predicted molar refractivity (Wildman–Crippen MR) is 93.2 cm³/mol. The van der Waals surface area contributed by atoms with Crippen molar-refractivity contribution in [2.24, 2.45) is 0 Å². The molecule has 130 valence electrons. The van der Waals surface area contributed by atoms with Gasteiger partial charge >= 0.3 is 5.69 Å². The summed E-state index contributed by atoms with van der Waals surface area (Å²) in [4.78, 5) is 24.3. The molecule has 0 saturated heterocycles. The number of aliphatic hydroxyl groups is 1. The molecule has 25 heavy (non-hydrogen) atoms. The van der Waals surface area contributed by atoms with E-state index < -0.39 is 12.1 Å². The Kier molecular flexibility index (Phi) is 4.95. The van der Waals surface area contributed by atoms with Crippen LogP contribution in [0.4, 0.5) is 0 Å². The number of carbonyl (C=O) groups excluding carboxylic acids is 1. The largest absolute Gasteiger partial charge is 0.391 e. The van der Waals surface area contributed by atoms with Gasteiger partial charge in [-0.1, -0.05) is 36.4 Å². The first-order valence-corrected chi connectivity index (χ1v) is 8.10. The van der Waals surface area contributed by atoms with Crippen LogP contribution in [0.5, 0.6) is 0 Å². The van der Waals surface area contributed by atoms with E-state index in [1.165, 1.54) is 4.40 Å². The summed E-state index contributed by atoms with van der Waals surface area (Å²) in [5.74, 6) is -0.370. The predicted octanol–water partition coefficient (Wildman–Crippen LogP) is 0.604. The van der Waals surface area contributed by atoms with Crippen molar-refractivity contribution in [2.45, 2.75) is 32.0 Å². The van der Waals surface area contributed by atoms with Gasteiger partial charge in [0, 0.05) is 12.6 Å². The van der Waals surface area contributed by atoms with Crippen molar-refractivity contribution < 1.29 is 9.90 Å². The molecule has 0 aliphatic rings. The van der Waals surface area contributed by atoms with E-state index in [2.05, 4.69) is 10.4 Å². The number of aliphatic hydroxyl groups excluding tert-OH is 1. The van der Waals surface area contributed by atoms with Crippen molar-refractivity contribution in [3.05, 3.63) is 70.8 Å². The highest BCUT2D eigenvalue weighted by atomic mass is 16.3. The first-order valence-electron chi connectivity index (χ1n) is 8.10. The zero-order chi connectivity index (χ0) is 17.8. The fourth-order valence-electron chi connectivity index (χ4n) is 2.64. The smallest absolute Gasteiger partial charge is 0.350 e. The molecule has 0 fully saturated rings. The van der Waals surface area contributed by atoms with Gasteiger partial charge < -0.3 is 10.4 Å². The van der Waals surface area contributed by atoms with Crippen LogP contribution in [0.2, 0.25) is 0 Å². The summed E-state index contributed by atoms with van der Waals surface area (Å²) in [6.45, 7) is 1.54. The van der Waals surface area contributed by atoms with Gasteiger partial charge in [0.05, 0.1) is 12.1 Å². The molecule has 0 saturated carbocycles. The molecule has 1 amide bonds. The number of benzene rings is 1. The maximum absolute atomic E-state index is 12.2. The van der Waals surface area contributed by atoms with Gasteiger partial charge in [-0.2, -0.15) is 0 Å². The minimum atomic E-state index is -0.718. The van der Waals surface area contributed by atoms with Crippen LogP contribution in [-0.4, -0.2) is 37.3 Å². The highest BCUT2D eigenvalue weighted by molar-refractivity contribution is 5.76. The van der Waals surface area contributed by atoms with Crippen LogP contribution in [0.3, 0.4) is 0 Å². The Morgan fingerprint density at radius 2 is 1.92 bits per heavy atom. The van der Waals surface area contributed by atoms with Crippen LogP contribution in [-0.2, 0) is 17.8 Å². The Morgan fingerprint density at radius 1 is 1.20 bits per heavy atom. The van der Waals surface area contributed by atoms with Gasteiger partial charge in [0.25, 0.3) is 0 Å². The molecule has 2 unspecified atom stereocenters. The second-order valence-corrected chi connectivity index (χ2v) is 5.98. The molecule has 0 spiro atoms. The average Bonchev–Trinajstić information content (AvgIpc) is 2.92. The molecule has 0 bridgehead atoms. The second-order valence-electron chi connectivity index (χ2n) is 5.98. The number of amides is 1. The lowest BCUT2D eigenvalue weighted by molar-refractivity contribution is -0.123. The summed E-state index contributed by atoms with van der Waals surface area (Å²) < 4.78 is 2.49. The number of fused-ring (bicyclic) bond motifs is 1. The quantitative estimate of drug-likeness (QED) is 0.688. The van der Waals surface area contributed by atoms with Crippen molar-refractivity contribution in [2.75, 3.05) is 0 Å². The Balaban J connectivity index is 1.61. The minimum absolute atomic E-state index is 0.192. The van der Waals surface area contributed by atoms with Crippen LogP contribution in [0, 0.1) is 0 Å². The lowest BCUT2D eigenvalue weighted by Crippen LogP contribution is -2.44. The molecular weight excluding hydrogens is 320 g/mol. The summed E-state index contributed by atoms with van der Waals surface area (Å²) in [6, 6.07) is 14.3. The first-order chi connectivity index (χ1) is 12.0. The molecule has 2 N–H and O–H groups in total. The molecule has 2 heterocycles. The van der Waals surface area contributed by atoms with E-state index in [0.717, 1.165) is 10.2 Å². The van der Waals surface area contributed by atoms with E-state index >= 15 is 0 Å². The lowest BCUT2D eigenvalue weighted by atomic mass is 10.0. The van der Waals surface area contributed by atoms with Crippen LogP contribution in [0.15, 0.2) is 59.5 Å². The van der Waals surface area contributed by atoms with E-state index in [9.17, 15) is 14.7 Å². The summed E-state index contributed by atoms with van der Waals surface area (Å²) in [5.41, 5.74) is 1.10. The van der Waals surface area contributed by atoms with Gasteiger partial charge in [0.1, 0.15) is 6.54 Å². The number of hydrogen-bond donors (Lipinski definition) is 2. The van der Waals surface area contributed by atoms with Gasteiger partial charge in [-0.3, -0.25) is 9.20 Å². The monoisotopic (exact) mass is 340 g/mol. The van der Waals surface area contributed by atoms with Crippen LogP contribution in [0.1, 0.15) is 12.5 Å². The van der Waals surface area contributed by atoms with Crippen LogP contribution < -0.4 is 11.0 Å². The summed E-state index contributed by atoms with van der Waals surface area (Å²) in [7, 11) is 0. The Labute approximate surface area is 144 Å². The summed E-state index contributed by atoms with van der Waals surface area (Å²) in [6.07, 6.45) is 1.33. The molecule has 0 aliphatic carbocycles. The molecular formula is C18H20N4O3. The second kappa shape index (κ2) is 7.31. The molecule has 0 aliphatic heterocycles. The fraction of sp³-hybridized carbons (Fsp3) is 0.278. The van der Waals surface area contributed by atoms with Crippen molar-refractivity contribution in [1.29, 1.82) is 0 Å². The zero-order valence-electron chi connectivity index (χ0n) is 13.9. The van der Waals surface area contributed by atoms with Crippen molar-refractivity contribution in [1.82, 2.24) is 19.5 Å². The number of aromatic nitrogens is 3. The minimum Gasteiger partial charge on any atom is -0.391 e. The summed E-state index contributed by atoms with van der Waals surface area (Å²) in [5, 5.41) is 17.1. The third-order valence-corrected chi connectivity index (χ3v) is 4.04. The van der Waals surface area contributed by atoms with E-state index in [4.69, 9.17) is 0 Å². The molecule has 3 aromatic rings. The van der Waals surface area contributed by atoms with Gasteiger partial charge in [-0.25, -0.2) is 9.48 Å². The topological polar surface area (TPSA) is 88.6 Å². The van der Waals surface area contributed by atoms with Crippen molar-refractivity contribution in [3.8, 4) is 0 Å². The van der Waals surface area contributed by atoms with Gasteiger partial charge in [-0.05, 0) is 24.6 Å². The normalized spacial score (nSPS) is 13.5. The maximum Gasteiger partial charge on any atom is 0.350 e. The molecule has 3 rings (SSSR count). The third kappa shape index (κ3) is 3.95. The van der Waals surface area contributed by atoms with Gasteiger partial charge in [0.15, 0.2) is 5.65 Å². The first kappa shape index (κ1) is 16.9. The highest BCUT2D eigenvalue weighted by Crippen LogP contribution is 2.06. The summed E-state index contributed by atoms with van der Waals surface area (Å²) >= 11 is 0. The number of nitrogens with one attached hydrogen (secondary N) is 1. The molecule has 1 aromatic carbocycles. The van der Waals surface area contributed by atoms with Crippen molar-refractivity contribution >= 4 is 11.6 Å². The number of nitrogens with zero attached hydrogens (tertiary/aromatic N) is 3. The SMILES string of the molecule is CC(NC(=O)Cn1nc2ccccn2c1=O)C(O)Cc1ccccc1. The lowest BCUT2D eigenvalue weighted by Gasteiger charge is -2.20. The molecule has 2 aromatic heterocycles. The average molecular weight is 340 g/mol. The Bertz CT molecular complexity index is 917. The zero-order valence-corrected chi connectivity index (χ0v) is 13.9. The van der Waals surface area contributed by atoms with E-state index in [-0.39, 0.29) is 18.1 Å². The van der Waals surface area contributed by atoms with Gasteiger partial charge in [-0.15, -0.1) is 5.10 Å². The Morgan fingerprint density at radius 3 is 2.64 bits per heavy atom. The standard InChI is InChI=1S/C18H20N4O3/c1-13(15(23)11-14-7-3-2-4-8-14)19-17(24)12-22-18(25)21-10-6-5-9-16(21)20-22/h2-10,13,15,23H,11-12H2,1H3,(H,19,24). The molecule has 7 heteroatoms. The van der Waals surface area contributed by atoms with Gasteiger partial charge in [0.2, 0.25) is 5.91 Å². The third-order valence-electron chi connectivity index (χ3n) is 4.04. The van der Waals surface area contributed by atoms with E-state index in [0.29, 0.717) is 12.1 Å².